The Morgan fingerprint density at radius 3 is 2.73 bits per heavy atom. The second-order valence-corrected chi connectivity index (χ2v) is 5.99. The van der Waals surface area contributed by atoms with Gasteiger partial charge in [0.05, 0.1) is 0 Å². The van der Waals surface area contributed by atoms with E-state index in [-0.39, 0.29) is 0 Å². The van der Waals surface area contributed by atoms with E-state index >= 15 is 0 Å². The van der Waals surface area contributed by atoms with E-state index in [1.54, 1.807) is 6.92 Å². The van der Waals surface area contributed by atoms with Crippen LogP contribution >= 0.6 is 0 Å². The van der Waals surface area contributed by atoms with Gasteiger partial charge in [-0.1, -0.05) is 19.1 Å². The largest absolute Gasteiger partial charge is 0.371 e. The van der Waals surface area contributed by atoms with Crippen molar-refractivity contribution in [3.8, 4) is 11.1 Å². The standard InChI is InChI=1S/C19H21F2N/c1-3-8-22-9-4-5-14-6-7-15(10-19(14)22)17-11-16(20)12-18(21)13(17)2/h6-7,10-12H,3-5,8-9H2,1-2H3. The Morgan fingerprint density at radius 2 is 1.95 bits per heavy atom. The van der Waals surface area contributed by atoms with Crippen LogP contribution < -0.4 is 4.90 Å². The summed E-state index contributed by atoms with van der Waals surface area (Å²) in [4.78, 5) is 2.38. The molecule has 2 aromatic rings. The van der Waals surface area contributed by atoms with Crippen LogP contribution in [0.1, 0.15) is 30.9 Å². The molecule has 1 nitrogen and oxygen atoms in total. The molecule has 1 aliphatic heterocycles. The molecule has 3 heteroatoms. The van der Waals surface area contributed by atoms with E-state index in [1.165, 1.54) is 23.7 Å². The Morgan fingerprint density at radius 1 is 1.14 bits per heavy atom. The molecule has 0 N–H and O–H groups in total. The molecule has 0 bridgehead atoms. The van der Waals surface area contributed by atoms with Crippen molar-refractivity contribution in [2.45, 2.75) is 33.1 Å². The van der Waals surface area contributed by atoms with Gasteiger partial charge in [0.25, 0.3) is 0 Å². The van der Waals surface area contributed by atoms with E-state index in [0.29, 0.717) is 11.1 Å². The lowest BCUT2D eigenvalue weighted by molar-refractivity contribution is 0.578. The highest BCUT2D eigenvalue weighted by Gasteiger charge is 2.18. The fourth-order valence-electron chi connectivity index (χ4n) is 3.27. The summed E-state index contributed by atoms with van der Waals surface area (Å²) in [6.07, 6.45) is 3.34. The van der Waals surface area contributed by atoms with Gasteiger partial charge in [-0.3, -0.25) is 0 Å². The van der Waals surface area contributed by atoms with Crippen LogP contribution in [0, 0.1) is 18.6 Å². The maximum absolute atomic E-state index is 13.8. The highest BCUT2D eigenvalue weighted by Crippen LogP contribution is 2.34. The summed E-state index contributed by atoms with van der Waals surface area (Å²) in [5.74, 6) is -1.01. The van der Waals surface area contributed by atoms with Gasteiger partial charge in [-0.2, -0.15) is 0 Å². The second kappa shape index (κ2) is 6.07. The van der Waals surface area contributed by atoms with Gasteiger partial charge >= 0.3 is 0 Å². The van der Waals surface area contributed by atoms with E-state index in [0.717, 1.165) is 37.6 Å². The van der Waals surface area contributed by atoms with Crippen molar-refractivity contribution in [3.05, 3.63) is 53.1 Å². The molecule has 0 saturated heterocycles. The number of hydrogen-bond donors (Lipinski definition) is 0. The lowest BCUT2D eigenvalue weighted by Crippen LogP contribution is -2.29. The number of aryl methyl sites for hydroxylation is 1. The first-order valence-corrected chi connectivity index (χ1v) is 7.94. The van der Waals surface area contributed by atoms with Crippen molar-refractivity contribution in [2.75, 3.05) is 18.0 Å². The van der Waals surface area contributed by atoms with Gasteiger partial charge in [0.15, 0.2) is 0 Å². The molecule has 3 rings (SSSR count). The molecule has 22 heavy (non-hydrogen) atoms. The van der Waals surface area contributed by atoms with Crippen molar-refractivity contribution >= 4 is 5.69 Å². The van der Waals surface area contributed by atoms with E-state index in [4.69, 9.17) is 0 Å². The molecule has 116 valence electrons. The van der Waals surface area contributed by atoms with E-state index in [9.17, 15) is 8.78 Å². The minimum absolute atomic E-state index is 0.488. The monoisotopic (exact) mass is 301 g/mol. The molecule has 0 spiro atoms. The van der Waals surface area contributed by atoms with E-state index < -0.39 is 11.6 Å². The zero-order valence-corrected chi connectivity index (χ0v) is 13.1. The minimum Gasteiger partial charge on any atom is -0.371 e. The maximum Gasteiger partial charge on any atom is 0.129 e. The predicted molar refractivity (Wildman–Crippen MR) is 87.4 cm³/mol. The molecule has 0 unspecified atom stereocenters. The average Bonchev–Trinajstić information content (AvgIpc) is 2.51. The van der Waals surface area contributed by atoms with Crippen molar-refractivity contribution in [3.63, 3.8) is 0 Å². The topological polar surface area (TPSA) is 3.24 Å². The summed E-state index contributed by atoms with van der Waals surface area (Å²) in [5, 5.41) is 0. The predicted octanol–water partition coefficient (Wildman–Crippen LogP) is 5.10. The molecule has 1 heterocycles. The normalized spacial score (nSPS) is 14.1. The van der Waals surface area contributed by atoms with Gasteiger partial charge in [0, 0.05) is 24.8 Å². The fraction of sp³-hybridized carbons (Fsp3) is 0.368. The lowest BCUT2D eigenvalue weighted by Gasteiger charge is -2.31. The van der Waals surface area contributed by atoms with E-state index in [1.807, 2.05) is 6.07 Å². The molecule has 0 atom stereocenters. The Balaban J connectivity index is 2.08. The fourth-order valence-corrected chi connectivity index (χ4v) is 3.27. The first-order valence-electron chi connectivity index (χ1n) is 7.94. The summed E-state index contributed by atoms with van der Waals surface area (Å²) in [5.41, 5.74) is 4.58. The van der Waals surface area contributed by atoms with Gasteiger partial charge in [-0.15, -0.1) is 0 Å². The number of rotatable bonds is 3. The number of hydrogen-bond acceptors (Lipinski definition) is 1. The SMILES string of the molecule is CCCN1CCCc2ccc(-c3cc(F)cc(F)c3C)cc21. The van der Waals surface area contributed by atoms with Gasteiger partial charge in [0.2, 0.25) is 0 Å². The summed E-state index contributed by atoms with van der Waals surface area (Å²) in [7, 11) is 0. The summed E-state index contributed by atoms with van der Waals surface area (Å²) < 4.78 is 27.4. The quantitative estimate of drug-likeness (QED) is 0.762. The van der Waals surface area contributed by atoms with Gasteiger partial charge < -0.3 is 4.90 Å². The Hall–Kier alpha value is -1.90. The van der Waals surface area contributed by atoms with Gasteiger partial charge in [0.1, 0.15) is 11.6 Å². The molecule has 0 fully saturated rings. The Labute approximate surface area is 130 Å². The van der Waals surface area contributed by atoms with Crippen molar-refractivity contribution < 1.29 is 8.78 Å². The molecule has 1 aliphatic rings. The molecule has 0 saturated carbocycles. The third-order valence-corrected chi connectivity index (χ3v) is 4.41. The smallest absolute Gasteiger partial charge is 0.129 e. The van der Waals surface area contributed by atoms with Crippen LogP contribution in [0.4, 0.5) is 14.5 Å². The van der Waals surface area contributed by atoms with Crippen molar-refractivity contribution in [1.82, 2.24) is 0 Å². The molecule has 0 amide bonds. The highest BCUT2D eigenvalue weighted by atomic mass is 19.1. The van der Waals surface area contributed by atoms with Crippen LogP contribution in [0.5, 0.6) is 0 Å². The highest BCUT2D eigenvalue weighted by molar-refractivity contribution is 5.73. The minimum atomic E-state index is -0.527. The molecular weight excluding hydrogens is 280 g/mol. The number of nitrogens with zero attached hydrogens (tertiary/aromatic N) is 1. The molecule has 0 aliphatic carbocycles. The van der Waals surface area contributed by atoms with Crippen LogP contribution in [0.2, 0.25) is 0 Å². The maximum atomic E-state index is 13.8. The number of benzene rings is 2. The van der Waals surface area contributed by atoms with Gasteiger partial charge in [-0.05, 0) is 60.6 Å². The third-order valence-electron chi connectivity index (χ3n) is 4.41. The van der Waals surface area contributed by atoms with Crippen LogP contribution in [0.3, 0.4) is 0 Å². The van der Waals surface area contributed by atoms with Crippen molar-refractivity contribution in [1.29, 1.82) is 0 Å². The van der Waals surface area contributed by atoms with Crippen LogP contribution in [0.25, 0.3) is 11.1 Å². The Bertz CT molecular complexity index is 694. The second-order valence-electron chi connectivity index (χ2n) is 5.99. The van der Waals surface area contributed by atoms with Crippen LogP contribution in [0.15, 0.2) is 30.3 Å². The zero-order valence-electron chi connectivity index (χ0n) is 13.1. The zero-order chi connectivity index (χ0) is 15.7. The van der Waals surface area contributed by atoms with Crippen LogP contribution in [-0.2, 0) is 6.42 Å². The summed E-state index contributed by atoms with van der Waals surface area (Å²) in [6.45, 7) is 5.95. The van der Waals surface area contributed by atoms with Gasteiger partial charge in [-0.25, -0.2) is 8.78 Å². The molecule has 2 aromatic carbocycles. The van der Waals surface area contributed by atoms with Crippen molar-refractivity contribution in [2.24, 2.45) is 0 Å². The lowest BCUT2D eigenvalue weighted by atomic mass is 9.94. The van der Waals surface area contributed by atoms with E-state index in [2.05, 4.69) is 24.0 Å². The molecule has 0 radical (unpaired) electrons. The van der Waals surface area contributed by atoms with Crippen LogP contribution in [-0.4, -0.2) is 13.1 Å². The number of anilines is 1. The number of fused-ring (bicyclic) bond motifs is 1. The first kappa shape index (κ1) is 15.0. The molecular formula is C19H21F2N. The first-order chi connectivity index (χ1) is 10.6. The summed E-state index contributed by atoms with van der Waals surface area (Å²) in [6, 6.07) is 8.54. The number of halogens is 2. The third kappa shape index (κ3) is 2.72. The Kier molecular flexibility index (Phi) is 4.14. The summed E-state index contributed by atoms with van der Waals surface area (Å²) >= 11 is 0. The average molecular weight is 301 g/mol. The molecule has 0 aromatic heterocycles.